The molecule has 15 heavy (non-hydrogen) atoms. The van der Waals surface area contributed by atoms with Crippen LogP contribution in [0.1, 0.15) is 0 Å². The maximum Gasteiger partial charge on any atom is 0.265 e. The number of amides is 1. The highest BCUT2D eigenvalue weighted by molar-refractivity contribution is 5.98. The molecule has 0 bridgehead atoms. The lowest BCUT2D eigenvalue weighted by molar-refractivity contribution is -0.121. The number of rotatable bonds is 2. The molecule has 0 unspecified atom stereocenters. The molecule has 0 radical (unpaired) electrons. The van der Waals surface area contributed by atoms with Gasteiger partial charge in [0.15, 0.2) is 6.61 Å². The van der Waals surface area contributed by atoms with E-state index in [-0.39, 0.29) is 12.5 Å². The zero-order chi connectivity index (χ0) is 10.8. The summed E-state index contributed by atoms with van der Waals surface area (Å²) >= 11 is 0. The van der Waals surface area contributed by atoms with Crippen LogP contribution in [0.15, 0.2) is 30.9 Å². The van der Waals surface area contributed by atoms with Crippen molar-refractivity contribution in [3.05, 3.63) is 30.9 Å². The Bertz CT molecular complexity index is 415. The molecule has 1 aliphatic rings. The van der Waals surface area contributed by atoms with E-state index >= 15 is 0 Å². The lowest BCUT2D eigenvalue weighted by Crippen LogP contribution is -2.38. The predicted molar refractivity (Wildman–Crippen MR) is 58.9 cm³/mol. The third-order valence-electron chi connectivity index (χ3n) is 2.24. The Balaban J connectivity index is 2.43. The molecule has 1 aromatic carbocycles. The van der Waals surface area contributed by atoms with Gasteiger partial charge in [-0.15, -0.1) is 6.58 Å². The van der Waals surface area contributed by atoms with Gasteiger partial charge in [-0.25, -0.2) is 0 Å². The fraction of sp³-hybridized carbons (Fsp3) is 0.182. The van der Waals surface area contributed by atoms with Gasteiger partial charge in [-0.05, 0) is 12.1 Å². The molecule has 0 atom stereocenters. The minimum absolute atomic E-state index is 0.0598. The van der Waals surface area contributed by atoms with Gasteiger partial charge in [0, 0.05) is 18.3 Å². The van der Waals surface area contributed by atoms with Crippen LogP contribution in [0.5, 0.6) is 5.75 Å². The lowest BCUT2D eigenvalue weighted by Gasteiger charge is -2.28. The number of nitrogens with two attached hydrogens (primary N) is 1. The molecule has 2 N–H and O–H groups in total. The second kappa shape index (κ2) is 3.65. The number of nitrogen functional groups attached to an aromatic ring is 1. The van der Waals surface area contributed by atoms with Crippen LogP contribution >= 0.6 is 0 Å². The number of nitrogens with zero attached hydrogens (tertiary/aromatic N) is 1. The van der Waals surface area contributed by atoms with E-state index in [1.807, 2.05) is 0 Å². The maximum absolute atomic E-state index is 11.6. The summed E-state index contributed by atoms with van der Waals surface area (Å²) in [6, 6.07) is 5.25. The largest absolute Gasteiger partial charge is 0.481 e. The van der Waals surface area contributed by atoms with Crippen molar-refractivity contribution in [1.29, 1.82) is 0 Å². The summed E-state index contributed by atoms with van der Waals surface area (Å²) in [4.78, 5) is 13.2. The minimum Gasteiger partial charge on any atom is -0.481 e. The first-order valence-corrected chi connectivity index (χ1v) is 4.66. The average molecular weight is 204 g/mol. The Morgan fingerprint density at radius 3 is 3.13 bits per heavy atom. The van der Waals surface area contributed by atoms with Crippen LogP contribution in [0.25, 0.3) is 0 Å². The van der Waals surface area contributed by atoms with Gasteiger partial charge in [-0.3, -0.25) is 4.79 Å². The monoisotopic (exact) mass is 204 g/mol. The zero-order valence-electron chi connectivity index (χ0n) is 8.27. The van der Waals surface area contributed by atoms with Crippen LogP contribution in [0, 0.1) is 0 Å². The standard InChI is InChI=1S/C11H12N2O2/c1-2-5-13-9-4-3-8(12)6-10(9)15-7-11(13)14/h2-4,6H,1,5,7,12H2. The van der Waals surface area contributed by atoms with Crippen LogP contribution in [-0.4, -0.2) is 19.1 Å². The van der Waals surface area contributed by atoms with Crippen molar-refractivity contribution < 1.29 is 9.53 Å². The van der Waals surface area contributed by atoms with Crippen molar-refractivity contribution >= 4 is 17.3 Å². The van der Waals surface area contributed by atoms with Gasteiger partial charge < -0.3 is 15.4 Å². The fourth-order valence-electron chi connectivity index (χ4n) is 1.55. The van der Waals surface area contributed by atoms with Crippen LogP contribution in [0.2, 0.25) is 0 Å². The van der Waals surface area contributed by atoms with Gasteiger partial charge in [0.05, 0.1) is 5.69 Å². The Morgan fingerprint density at radius 2 is 2.40 bits per heavy atom. The van der Waals surface area contributed by atoms with E-state index in [0.717, 1.165) is 5.69 Å². The van der Waals surface area contributed by atoms with Crippen molar-refractivity contribution in [3.8, 4) is 5.75 Å². The van der Waals surface area contributed by atoms with Gasteiger partial charge in [0.2, 0.25) is 0 Å². The highest BCUT2D eigenvalue weighted by atomic mass is 16.5. The molecule has 1 amide bonds. The third-order valence-corrected chi connectivity index (χ3v) is 2.24. The van der Waals surface area contributed by atoms with Crippen molar-refractivity contribution in [2.24, 2.45) is 0 Å². The van der Waals surface area contributed by atoms with Gasteiger partial charge in [0.1, 0.15) is 5.75 Å². The van der Waals surface area contributed by atoms with Gasteiger partial charge >= 0.3 is 0 Å². The van der Waals surface area contributed by atoms with Crippen LogP contribution in [0.4, 0.5) is 11.4 Å². The first-order chi connectivity index (χ1) is 7.22. The SMILES string of the molecule is C=CCN1C(=O)COc2cc(N)ccc21. The van der Waals surface area contributed by atoms with E-state index in [2.05, 4.69) is 6.58 Å². The summed E-state index contributed by atoms with van der Waals surface area (Å²) in [5.41, 5.74) is 7.01. The molecule has 0 saturated carbocycles. The van der Waals surface area contributed by atoms with Crippen molar-refractivity contribution in [2.45, 2.75) is 0 Å². The number of anilines is 2. The topological polar surface area (TPSA) is 55.6 Å². The molecule has 4 heteroatoms. The van der Waals surface area contributed by atoms with Crippen molar-refractivity contribution in [2.75, 3.05) is 23.8 Å². The van der Waals surface area contributed by atoms with Crippen molar-refractivity contribution in [3.63, 3.8) is 0 Å². The summed E-state index contributed by atoms with van der Waals surface area (Å²) in [6.45, 7) is 4.17. The Kier molecular flexibility index (Phi) is 2.33. The molecule has 1 aromatic rings. The second-order valence-corrected chi connectivity index (χ2v) is 3.31. The van der Waals surface area contributed by atoms with Gasteiger partial charge in [-0.1, -0.05) is 6.08 Å². The summed E-state index contributed by atoms with van der Waals surface area (Å²) < 4.78 is 5.29. The highest BCUT2D eigenvalue weighted by Crippen LogP contribution is 2.33. The molecule has 78 valence electrons. The molecular weight excluding hydrogens is 192 g/mol. The molecule has 0 saturated heterocycles. The zero-order valence-corrected chi connectivity index (χ0v) is 8.27. The van der Waals surface area contributed by atoms with Crippen LogP contribution in [-0.2, 0) is 4.79 Å². The molecule has 0 fully saturated rings. The van der Waals surface area contributed by atoms with E-state index in [1.165, 1.54) is 0 Å². The molecule has 1 heterocycles. The van der Waals surface area contributed by atoms with E-state index in [0.29, 0.717) is 18.0 Å². The first kappa shape index (κ1) is 9.58. The molecule has 4 nitrogen and oxygen atoms in total. The second-order valence-electron chi connectivity index (χ2n) is 3.31. The quantitative estimate of drug-likeness (QED) is 0.581. The number of hydrogen-bond donors (Lipinski definition) is 1. The maximum atomic E-state index is 11.6. The number of benzene rings is 1. The van der Waals surface area contributed by atoms with E-state index in [4.69, 9.17) is 10.5 Å². The fourth-order valence-corrected chi connectivity index (χ4v) is 1.55. The average Bonchev–Trinajstić information content (AvgIpc) is 2.22. The summed E-state index contributed by atoms with van der Waals surface area (Å²) in [6.07, 6.45) is 1.68. The highest BCUT2D eigenvalue weighted by Gasteiger charge is 2.24. The predicted octanol–water partition coefficient (Wildman–Crippen LogP) is 1.18. The number of ether oxygens (including phenoxy) is 1. The number of hydrogen-bond acceptors (Lipinski definition) is 3. The summed E-state index contributed by atoms with van der Waals surface area (Å²) in [5, 5.41) is 0. The van der Waals surface area contributed by atoms with Crippen LogP contribution in [0.3, 0.4) is 0 Å². The molecular formula is C11H12N2O2. The molecule has 0 spiro atoms. The number of carbonyl (C=O) groups excluding carboxylic acids is 1. The minimum atomic E-state index is -0.0628. The number of fused-ring (bicyclic) bond motifs is 1. The van der Waals surface area contributed by atoms with Gasteiger partial charge in [0.25, 0.3) is 5.91 Å². The normalized spacial score (nSPS) is 14.4. The molecule has 1 aliphatic heterocycles. The molecule has 0 aliphatic carbocycles. The van der Waals surface area contributed by atoms with E-state index in [1.54, 1.807) is 29.2 Å². The Morgan fingerprint density at radius 1 is 1.60 bits per heavy atom. The Hall–Kier alpha value is -1.97. The molecule has 2 rings (SSSR count). The first-order valence-electron chi connectivity index (χ1n) is 4.66. The lowest BCUT2D eigenvalue weighted by atomic mass is 10.2. The smallest absolute Gasteiger partial charge is 0.265 e. The summed E-state index contributed by atoms with van der Waals surface area (Å²) in [5.74, 6) is 0.587. The van der Waals surface area contributed by atoms with Gasteiger partial charge in [-0.2, -0.15) is 0 Å². The molecule has 0 aromatic heterocycles. The Labute approximate surface area is 87.9 Å². The van der Waals surface area contributed by atoms with Crippen LogP contribution < -0.4 is 15.4 Å². The number of carbonyl (C=O) groups is 1. The third kappa shape index (κ3) is 1.66. The van der Waals surface area contributed by atoms with Crippen molar-refractivity contribution in [1.82, 2.24) is 0 Å². The van der Waals surface area contributed by atoms with E-state index in [9.17, 15) is 4.79 Å². The summed E-state index contributed by atoms with van der Waals surface area (Å²) in [7, 11) is 0. The van der Waals surface area contributed by atoms with E-state index < -0.39 is 0 Å².